The topological polar surface area (TPSA) is 28.1 Å². The largest absolute Gasteiger partial charge is 0.357 e. The van der Waals surface area contributed by atoms with Crippen molar-refractivity contribution in [2.75, 3.05) is 0 Å². The van der Waals surface area contributed by atoms with Crippen LogP contribution in [0.25, 0.3) is 0 Å². The lowest BCUT2D eigenvalue weighted by molar-refractivity contribution is 0.00194. The number of hydrogen-bond acceptors (Lipinski definition) is 1. The van der Waals surface area contributed by atoms with Gasteiger partial charge in [0.2, 0.25) is 0 Å². The average Bonchev–Trinajstić information content (AvgIpc) is 2.81. The number of hydrogen-bond donors (Lipinski definition) is 1. The van der Waals surface area contributed by atoms with Gasteiger partial charge in [-0.1, -0.05) is 0 Å². The van der Waals surface area contributed by atoms with Crippen molar-refractivity contribution < 1.29 is 0 Å². The Morgan fingerprint density at radius 3 is 2.18 bits per heavy atom. The predicted molar refractivity (Wildman–Crippen MR) is 90.7 cm³/mol. The van der Waals surface area contributed by atoms with Crippen LogP contribution in [0, 0.1) is 24.7 Å². The number of aryl methyl sites for hydroxylation is 1. The molecule has 4 bridgehead atoms. The van der Waals surface area contributed by atoms with Gasteiger partial charge in [0.1, 0.15) is 0 Å². The molecule has 4 saturated carbocycles. The van der Waals surface area contributed by atoms with Crippen LogP contribution < -0.4 is 0 Å². The summed E-state index contributed by atoms with van der Waals surface area (Å²) >= 11 is 0. The summed E-state index contributed by atoms with van der Waals surface area (Å²) < 4.78 is 0. The quantitative estimate of drug-likeness (QED) is 0.773. The van der Waals surface area contributed by atoms with E-state index in [0.29, 0.717) is 5.54 Å². The van der Waals surface area contributed by atoms with Crippen molar-refractivity contribution in [2.24, 2.45) is 22.7 Å². The van der Waals surface area contributed by atoms with E-state index in [1.54, 1.807) is 11.1 Å². The van der Waals surface area contributed by atoms with Gasteiger partial charge in [-0.2, -0.15) is 0 Å². The number of aromatic amines is 1. The van der Waals surface area contributed by atoms with Crippen molar-refractivity contribution in [2.45, 2.75) is 76.7 Å². The Bertz CT molecular complexity index is 587. The molecule has 0 atom stereocenters. The van der Waals surface area contributed by atoms with Gasteiger partial charge < -0.3 is 4.98 Å². The fourth-order valence-corrected chi connectivity index (χ4v) is 6.50. The van der Waals surface area contributed by atoms with Crippen LogP contribution >= 0.6 is 0 Å². The van der Waals surface area contributed by atoms with Crippen LogP contribution in [0.15, 0.2) is 4.99 Å². The molecular weight excluding hydrogens is 268 g/mol. The van der Waals surface area contributed by atoms with E-state index in [1.165, 1.54) is 75.6 Å². The zero-order chi connectivity index (χ0) is 14.7. The summed E-state index contributed by atoms with van der Waals surface area (Å²) in [6.45, 7) is 2.24. The number of aromatic nitrogens is 1. The summed E-state index contributed by atoms with van der Waals surface area (Å²) in [5.74, 6) is 2.97. The fraction of sp³-hybridized carbons (Fsp3) is 0.750. The molecule has 5 aliphatic rings. The zero-order valence-electron chi connectivity index (χ0n) is 13.8. The van der Waals surface area contributed by atoms with Gasteiger partial charge in [0, 0.05) is 11.9 Å². The Kier molecular flexibility index (Phi) is 2.88. The first-order chi connectivity index (χ1) is 10.7. The molecule has 0 spiro atoms. The highest BCUT2D eigenvalue weighted by molar-refractivity contribution is 5.81. The maximum atomic E-state index is 5.25. The molecule has 2 heteroatoms. The molecule has 1 N–H and O–H groups in total. The lowest BCUT2D eigenvalue weighted by atomic mass is 9.53. The van der Waals surface area contributed by atoms with E-state index in [1.807, 2.05) is 0 Å². The molecule has 6 rings (SSSR count). The molecule has 22 heavy (non-hydrogen) atoms. The molecule has 0 saturated heterocycles. The first-order valence-electron chi connectivity index (χ1n) is 9.46. The summed E-state index contributed by atoms with van der Waals surface area (Å²) in [5, 5.41) is 0. The molecule has 0 aliphatic heterocycles. The average molecular weight is 296 g/mol. The smallest absolute Gasteiger partial charge is 0.0617 e. The van der Waals surface area contributed by atoms with Gasteiger partial charge in [0.25, 0.3) is 0 Å². The van der Waals surface area contributed by atoms with Gasteiger partial charge in [0.05, 0.1) is 11.2 Å². The van der Waals surface area contributed by atoms with Crippen LogP contribution in [0.3, 0.4) is 0 Å². The van der Waals surface area contributed by atoms with Gasteiger partial charge in [-0.3, -0.25) is 4.99 Å². The van der Waals surface area contributed by atoms with E-state index in [-0.39, 0.29) is 0 Å². The second kappa shape index (κ2) is 4.72. The highest BCUT2D eigenvalue weighted by Crippen LogP contribution is 2.57. The van der Waals surface area contributed by atoms with Crippen molar-refractivity contribution in [1.82, 2.24) is 4.98 Å². The molecule has 0 radical (unpaired) electrons. The van der Waals surface area contributed by atoms with Crippen LogP contribution in [-0.4, -0.2) is 16.7 Å². The lowest BCUT2D eigenvalue weighted by Gasteiger charge is -2.54. The summed E-state index contributed by atoms with van der Waals surface area (Å²) in [4.78, 5) is 8.89. The Morgan fingerprint density at radius 1 is 0.955 bits per heavy atom. The molecule has 118 valence electrons. The van der Waals surface area contributed by atoms with Crippen molar-refractivity contribution >= 4 is 6.21 Å². The van der Waals surface area contributed by atoms with Crippen molar-refractivity contribution in [3.63, 3.8) is 0 Å². The van der Waals surface area contributed by atoms with Crippen molar-refractivity contribution in [3.8, 4) is 0 Å². The molecule has 4 fully saturated rings. The van der Waals surface area contributed by atoms with Gasteiger partial charge in [0.15, 0.2) is 0 Å². The van der Waals surface area contributed by atoms with E-state index < -0.39 is 0 Å². The number of fused-ring (bicyclic) bond motifs is 1. The van der Waals surface area contributed by atoms with Crippen LogP contribution in [0.5, 0.6) is 0 Å². The molecule has 1 aromatic rings. The monoisotopic (exact) mass is 296 g/mol. The first kappa shape index (κ1) is 13.4. The van der Waals surface area contributed by atoms with E-state index in [9.17, 15) is 0 Å². The van der Waals surface area contributed by atoms with Crippen LogP contribution in [0.2, 0.25) is 0 Å². The van der Waals surface area contributed by atoms with E-state index in [0.717, 1.165) is 17.8 Å². The summed E-state index contributed by atoms with van der Waals surface area (Å²) in [6, 6.07) is 0. The highest BCUT2D eigenvalue weighted by Gasteiger charge is 2.50. The third kappa shape index (κ3) is 2.02. The third-order valence-electron chi connectivity index (χ3n) is 7.04. The summed E-state index contributed by atoms with van der Waals surface area (Å²) in [6.07, 6.45) is 16.1. The highest BCUT2D eigenvalue weighted by atomic mass is 14.9. The number of nitrogens with zero attached hydrogens (tertiary/aromatic N) is 1. The fourth-order valence-electron chi connectivity index (χ4n) is 6.50. The lowest BCUT2D eigenvalue weighted by Crippen LogP contribution is -2.49. The molecule has 1 aromatic heterocycles. The minimum absolute atomic E-state index is 0.315. The normalized spacial score (nSPS) is 39.6. The van der Waals surface area contributed by atoms with Crippen LogP contribution in [0.1, 0.15) is 73.9 Å². The number of nitrogens with one attached hydrogen (secondary N) is 1. The molecule has 1 heterocycles. The number of H-pyrrole nitrogens is 1. The van der Waals surface area contributed by atoms with Crippen LogP contribution in [-0.2, 0) is 12.8 Å². The summed E-state index contributed by atoms with van der Waals surface area (Å²) in [7, 11) is 0. The minimum Gasteiger partial charge on any atom is -0.357 e. The van der Waals surface area contributed by atoms with Gasteiger partial charge in [-0.15, -0.1) is 0 Å². The molecule has 0 amide bonds. The molecule has 5 aliphatic carbocycles. The number of aliphatic imine (C=N–C) groups is 1. The van der Waals surface area contributed by atoms with E-state index >= 15 is 0 Å². The molecule has 2 nitrogen and oxygen atoms in total. The van der Waals surface area contributed by atoms with Crippen molar-refractivity contribution in [1.29, 1.82) is 0 Å². The number of rotatable bonds is 2. The Balaban J connectivity index is 1.45. The maximum Gasteiger partial charge on any atom is 0.0617 e. The summed E-state index contributed by atoms with van der Waals surface area (Å²) in [5.41, 5.74) is 6.22. The maximum absolute atomic E-state index is 5.25. The minimum atomic E-state index is 0.315. The van der Waals surface area contributed by atoms with Gasteiger partial charge in [-0.05, 0) is 100 Å². The SMILES string of the molecule is Cc1[nH]c(C=NC23CC4CC(CC(C4)C2)C3)c2c1CCCC2. The Labute approximate surface area is 133 Å². The first-order valence-corrected chi connectivity index (χ1v) is 9.46. The van der Waals surface area contributed by atoms with E-state index in [2.05, 4.69) is 18.1 Å². The second-order valence-corrected chi connectivity index (χ2v) is 8.73. The molecular formula is C20H28N2. The van der Waals surface area contributed by atoms with Crippen molar-refractivity contribution in [3.05, 3.63) is 22.5 Å². The zero-order valence-corrected chi connectivity index (χ0v) is 13.8. The Morgan fingerprint density at radius 2 is 1.55 bits per heavy atom. The molecule has 0 aromatic carbocycles. The predicted octanol–water partition coefficient (Wildman–Crippen LogP) is 4.59. The van der Waals surface area contributed by atoms with E-state index in [4.69, 9.17) is 4.99 Å². The van der Waals surface area contributed by atoms with Crippen LogP contribution in [0.4, 0.5) is 0 Å². The van der Waals surface area contributed by atoms with Gasteiger partial charge in [-0.25, -0.2) is 0 Å². The second-order valence-electron chi connectivity index (χ2n) is 8.73. The molecule has 0 unspecified atom stereocenters. The standard InChI is InChI=1S/C20H28N2/c1-13-17-4-2-3-5-18(17)19(22-13)12-21-20-9-14-6-15(10-20)8-16(7-14)11-20/h12,14-16,22H,2-11H2,1H3. The Hall–Kier alpha value is -1.05. The third-order valence-corrected chi connectivity index (χ3v) is 7.04. The van der Waals surface area contributed by atoms with Gasteiger partial charge >= 0.3 is 0 Å².